The van der Waals surface area contributed by atoms with E-state index in [0.29, 0.717) is 0 Å². The van der Waals surface area contributed by atoms with Gasteiger partial charge in [0, 0.05) is 39.1 Å². The average molecular weight is 195 g/mol. The van der Waals surface area contributed by atoms with Crippen molar-refractivity contribution in [3.8, 4) is 0 Å². The summed E-state index contributed by atoms with van der Waals surface area (Å²) in [6, 6.07) is 1.96. The minimum atomic E-state index is 0.104. The molecular weight excluding hydrogens is 178 g/mol. The van der Waals surface area contributed by atoms with Crippen molar-refractivity contribution in [2.75, 3.05) is 20.2 Å². The molecule has 1 N–H and O–H groups in total. The zero-order valence-corrected chi connectivity index (χ0v) is 8.57. The quantitative estimate of drug-likeness (QED) is 0.750. The maximum Gasteiger partial charge on any atom is 0.0926 e. The van der Waals surface area contributed by atoms with Crippen LogP contribution in [0.2, 0.25) is 0 Å². The second-order valence-electron chi connectivity index (χ2n) is 3.86. The number of nitrogens with zero attached hydrogens (tertiary/aromatic N) is 2. The Kier molecular flexibility index (Phi) is 2.84. The normalized spacial score (nSPS) is 19.2. The highest BCUT2D eigenvalue weighted by Gasteiger charge is 2.35. The second-order valence-corrected chi connectivity index (χ2v) is 3.86. The first-order valence-corrected chi connectivity index (χ1v) is 5.08. The summed E-state index contributed by atoms with van der Waals surface area (Å²) in [7, 11) is 1.80. The van der Waals surface area contributed by atoms with Gasteiger partial charge in [0.25, 0.3) is 0 Å². The maximum atomic E-state index is 5.50. The number of hydrogen-bond acceptors (Lipinski definition) is 3. The van der Waals surface area contributed by atoms with Crippen molar-refractivity contribution in [3.63, 3.8) is 0 Å². The van der Waals surface area contributed by atoms with Gasteiger partial charge in [-0.15, -0.1) is 0 Å². The molecule has 0 aliphatic carbocycles. The van der Waals surface area contributed by atoms with Gasteiger partial charge in [-0.3, -0.25) is 4.68 Å². The van der Waals surface area contributed by atoms with Crippen molar-refractivity contribution >= 4 is 0 Å². The summed E-state index contributed by atoms with van der Waals surface area (Å²) < 4.78 is 7.47. The van der Waals surface area contributed by atoms with Gasteiger partial charge in [-0.05, 0) is 18.9 Å². The summed E-state index contributed by atoms with van der Waals surface area (Å²) in [6.07, 6.45) is 6.04. The van der Waals surface area contributed by atoms with Gasteiger partial charge in [0.2, 0.25) is 0 Å². The van der Waals surface area contributed by atoms with Crippen LogP contribution < -0.4 is 5.32 Å². The van der Waals surface area contributed by atoms with E-state index in [0.717, 1.165) is 32.5 Å². The van der Waals surface area contributed by atoms with Crippen LogP contribution in [0.5, 0.6) is 0 Å². The minimum Gasteiger partial charge on any atom is -0.376 e. The smallest absolute Gasteiger partial charge is 0.0926 e. The zero-order valence-electron chi connectivity index (χ0n) is 8.57. The molecule has 0 saturated carbocycles. The van der Waals surface area contributed by atoms with Crippen molar-refractivity contribution in [1.82, 2.24) is 15.1 Å². The second kappa shape index (κ2) is 4.11. The molecule has 4 nitrogen and oxygen atoms in total. The standard InChI is InChI=1S/C10H17N3O/c1-14-10(8-11-9-10)4-2-6-13-7-3-5-12-13/h3,5,7,11H,2,4,6,8-9H2,1H3. The first-order valence-electron chi connectivity index (χ1n) is 5.08. The fourth-order valence-electron chi connectivity index (χ4n) is 1.82. The maximum absolute atomic E-state index is 5.50. The lowest BCUT2D eigenvalue weighted by atomic mass is 9.91. The van der Waals surface area contributed by atoms with Crippen LogP contribution in [0, 0.1) is 0 Å². The van der Waals surface area contributed by atoms with E-state index in [2.05, 4.69) is 10.4 Å². The van der Waals surface area contributed by atoms with Gasteiger partial charge in [0.1, 0.15) is 0 Å². The Hall–Kier alpha value is -0.870. The van der Waals surface area contributed by atoms with Gasteiger partial charge < -0.3 is 10.1 Å². The highest BCUT2D eigenvalue weighted by molar-refractivity contribution is 4.94. The van der Waals surface area contributed by atoms with Crippen LogP contribution in [0.4, 0.5) is 0 Å². The van der Waals surface area contributed by atoms with Crippen LogP contribution in [0.1, 0.15) is 12.8 Å². The summed E-state index contributed by atoms with van der Waals surface area (Å²) in [5, 5.41) is 7.41. The third-order valence-corrected chi connectivity index (χ3v) is 2.91. The number of aromatic nitrogens is 2. The number of hydrogen-bond donors (Lipinski definition) is 1. The van der Waals surface area contributed by atoms with Gasteiger partial charge in [-0.2, -0.15) is 5.10 Å². The molecule has 2 rings (SSSR count). The molecule has 0 amide bonds. The van der Waals surface area contributed by atoms with Crippen molar-refractivity contribution in [2.24, 2.45) is 0 Å². The molecule has 14 heavy (non-hydrogen) atoms. The van der Waals surface area contributed by atoms with Gasteiger partial charge >= 0.3 is 0 Å². The molecule has 1 fully saturated rings. The van der Waals surface area contributed by atoms with Crippen LogP contribution in [0.15, 0.2) is 18.5 Å². The summed E-state index contributed by atoms with van der Waals surface area (Å²) in [4.78, 5) is 0. The van der Waals surface area contributed by atoms with Crippen molar-refractivity contribution in [1.29, 1.82) is 0 Å². The lowest BCUT2D eigenvalue weighted by Gasteiger charge is -2.41. The molecule has 0 atom stereocenters. The van der Waals surface area contributed by atoms with Crippen molar-refractivity contribution < 1.29 is 4.74 Å². The summed E-state index contributed by atoms with van der Waals surface area (Å²) in [5.41, 5.74) is 0.104. The molecule has 0 bridgehead atoms. The predicted molar refractivity (Wildman–Crippen MR) is 54.1 cm³/mol. The molecule has 0 aromatic carbocycles. The van der Waals surface area contributed by atoms with Gasteiger partial charge in [0.05, 0.1) is 5.60 Å². The van der Waals surface area contributed by atoms with Crippen molar-refractivity contribution in [3.05, 3.63) is 18.5 Å². The Morgan fingerprint density at radius 1 is 1.57 bits per heavy atom. The molecule has 1 aliphatic heterocycles. The van der Waals surface area contributed by atoms with Crippen molar-refractivity contribution in [2.45, 2.75) is 25.0 Å². The van der Waals surface area contributed by atoms with E-state index in [1.54, 1.807) is 7.11 Å². The Morgan fingerprint density at radius 2 is 2.43 bits per heavy atom. The minimum absolute atomic E-state index is 0.104. The monoisotopic (exact) mass is 195 g/mol. The summed E-state index contributed by atoms with van der Waals surface area (Å²) in [5.74, 6) is 0. The predicted octanol–water partition coefficient (Wildman–Crippen LogP) is 0.652. The van der Waals surface area contributed by atoms with Crippen LogP contribution in [0.25, 0.3) is 0 Å². The van der Waals surface area contributed by atoms with Gasteiger partial charge in [0.15, 0.2) is 0 Å². The summed E-state index contributed by atoms with van der Waals surface area (Å²) in [6.45, 7) is 2.96. The molecule has 4 heteroatoms. The Bertz CT molecular complexity index is 261. The topological polar surface area (TPSA) is 39.1 Å². The van der Waals surface area contributed by atoms with E-state index < -0.39 is 0 Å². The zero-order chi connectivity index (χ0) is 9.86. The Balaban J connectivity index is 1.72. The van der Waals surface area contributed by atoms with E-state index in [9.17, 15) is 0 Å². The SMILES string of the molecule is COC1(CCCn2cccn2)CNC1. The molecule has 0 unspecified atom stereocenters. The molecule has 1 aliphatic rings. The third kappa shape index (κ3) is 1.96. The largest absolute Gasteiger partial charge is 0.376 e. The fourth-order valence-corrected chi connectivity index (χ4v) is 1.82. The molecule has 2 heterocycles. The highest BCUT2D eigenvalue weighted by Crippen LogP contribution is 2.22. The lowest BCUT2D eigenvalue weighted by Crippen LogP contribution is -2.60. The van der Waals surface area contributed by atoms with Crippen LogP contribution >= 0.6 is 0 Å². The number of methoxy groups -OCH3 is 1. The Labute approximate surface area is 84.3 Å². The first kappa shape index (κ1) is 9.68. The number of aryl methyl sites for hydroxylation is 1. The van der Waals surface area contributed by atoms with Crippen LogP contribution in [0.3, 0.4) is 0 Å². The first-order chi connectivity index (χ1) is 6.85. The molecule has 0 spiro atoms. The molecule has 1 aromatic heterocycles. The fraction of sp³-hybridized carbons (Fsp3) is 0.700. The molecular formula is C10H17N3O. The molecule has 1 saturated heterocycles. The average Bonchev–Trinajstić information content (AvgIpc) is 2.62. The summed E-state index contributed by atoms with van der Waals surface area (Å²) >= 11 is 0. The number of ether oxygens (including phenoxy) is 1. The number of nitrogens with one attached hydrogen (secondary N) is 1. The van der Waals surface area contributed by atoms with Gasteiger partial charge in [-0.25, -0.2) is 0 Å². The molecule has 78 valence electrons. The van der Waals surface area contributed by atoms with E-state index in [1.807, 2.05) is 23.1 Å². The highest BCUT2D eigenvalue weighted by atomic mass is 16.5. The van der Waals surface area contributed by atoms with Crippen LogP contribution in [-0.4, -0.2) is 35.6 Å². The van der Waals surface area contributed by atoms with Gasteiger partial charge in [-0.1, -0.05) is 0 Å². The van der Waals surface area contributed by atoms with Crippen LogP contribution in [-0.2, 0) is 11.3 Å². The van der Waals surface area contributed by atoms with E-state index in [-0.39, 0.29) is 5.60 Å². The lowest BCUT2D eigenvalue weighted by molar-refractivity contribution is -0.0589. The van der Waals surface area contributed by atoms with E-state index >= 15 is 0 Å². The van der Waals surface area contributed by atoms with E-state index in [1.165, 1.54) is 0 Å². The number of rotatable bonds is 5. The van der Waals surface area contributed by atoms with E-state index in [4.69, 9.17) is 4.74 Å². The Morgan fingerprint density at radius 3 is 2.93 bits per heavy atom. The molecule has 1 aromatic rings. The molecule has 0 radical (unpaired) electrons. The third-order valence-electron chi connectivity index (χ3n) is 2.91.